The van der Waals surface area contributed by atoms with Gasteiger partial charge in [0.05, 0.1) is 11.7 Å². The van der Waals surface area contributed by atoms with E-state index in [0.29, 0.717) is 16.7 Å². The second-order valence-electron chi connectivity index (χ2n) is 4.12. The lowest BCUT2D eigenvalue weighted by Crippen LogP contribution is -2.15. The number of halogens is 2. The van der Waals surface area contributed by atoms with Gasteiger partial charge in [-0.15, -0.1) is 0 Å². The average molecular weight is 310 g/mol. The molecule has 0 saturated heterocycles. The molecule has 2 N–H and O–H groups in total. The molecule has 2 aromatic rings. The van der Waals surface area contributed by atoms with E-state index in [1.807, 2.05) is 13.0 Å². The molecule has 0 fully saturated rings. The molecule has 0 amide bonds. The summed E-state index contributed by atoms with van der Waals surface area (Å²) in [6, 6.07) is 6.28. The first-order valence-corrected chi connectivity index (χ1v) is 6.34. The smallest absolute Gasteiger partial charge is 0.125 e. The van der Waals surface area contributed by atoms with Crippen LogP contribution in [0.5, 0.6) is 0 Å². The zero-order valence-electron chi connectivity index (χ0n) is 9.90. The van der Waals surface area contributed by atoms with Gasteiger partial charge < -0.3 is 5.73 Å². The highest BCUT2D eigenvalue weighted by Gasteiger charge is 2.10. The Labute approximate surface area is 113 Å². The molecule has 3 nitrogen and oxygen atoms in total. The summed E-state index contributed by atoms with van der Waals surface area (Å²) in [5.41, 5.74) is 7.67. The largest absolute Gasteiger partial charge is 0.322 e. The van der Waals surface area contributed by atoms with E-state index in [1.54, 1.807) is 12.3 Å². The summed E-state index contributed by atoms with van der Waals surface area (Å²) in [7, 11) is 0. The van der Waals surface area contributed by atoms with Crippen LogP contribution < -0.4 is 5.73 Å². The number of aromatic nitrogens is 2. The molecule has 94 valence electrons. The summed E-state index contributed by atoms with van der Waals surface area (Å²) in [6.07, 6.45) is 2.21. The Hall–Kier alpha value is -1.33. The molecule has 0 bridgehead atoms. The highest BCUT2D eigenvalue weighted by molar-refractivity contribution is 9.10. The zero-order chi connectivity index (χ0) is 13.1. The van der Waals surface area contributed by atoms with Gasteiger partial charge in [-0.1, -0.05) is 15.9 Å². The summed E-state index contributed by atoms with van der Waals surface area (Å²) in [5.74, 6) is 0.411. The molecule has 2 rings (SSSR count). The van der Waals surface area contributed by atoms with Crippen LogP contribution in [0.4, 0.5) is 4.39 Å². The minimum Gasteiger partial charge on any atom is -0.322 e. The Balaban J connectivity index is 2.18. The fourth-order valence-electron chi connectivity index (χ4n) is 1.77. The molecule has 0 aliphatic heterocycles. The highest BCUT2D eigenvalue weighted by atomic mass is 79.9. The van der Waals surface area contributed by atoms with Crippen LogP contribution >= 0.6 is 15.9 Å². The molecule has 1 atom stereocenters. The second kappa shape index (κ2) is 5.54. The number of rotatable bonds is 3. The van der Waals surface area contributed by atoms with Crippen molar-refractivity contribution in [1.29, 1.82) is 0 Å². The molecule has 0 spiro atoms. The van der Waals surface area contributed by atoms with Crippen molar-refractivity contribution in [1.82, 2.24) is 9.97 Å². The van der Waals surface area contributed by atoms with E-state index in [-0.39, 0.29) is 11.9 Å². The van der Waals surface area contributed by atoms with Crippen molar-refractivity contribution in [3.8, 4) is 0 Å². The molecule has 0 aliphatic rings. The van der Waals surface area contributed by atoms with E-state index < -0.39 is 0 Å². The highest BCUT2D eigenvalue weighted by Crippen LogP contribution is 2.19. The number of nitrogens with two attached hydrogens (primary N) is 1. The van der Waals surface area contributed by atoms with Crippen LogP contribution in [0.3, 0.4) is 0 Å². The summed E-state index contributed by atoms with van der Waals surface area (Å²) in [6.45, 7) is 1.81. The molecule has 0 radical (unpaired) electrons. The third-order valence-electron chi connectivity index (χ3n) is 2.56. The summed E-state index contributed by atoms with van der Waals surface area (Å²) >= 11 is 3.26. The van der Waals surface area contributed by atoms with Gasteiger partial charge in [0, 0.05) is 10.7 Å². The van der Waals surface area contributed by atoms with Gasteiger partial charge in [0.2, 0.25) is 0 Å². The molecule has 5 heteroatoms. The lowest BCUT2D eigenvalue weighted by molar-refractivity contribution is 0.619. The lowest BCUT2D eigenvalue weighted by atomic mass is 10.0. The molecule has 18 heavy (non-hydrogen) atoms. The Morgan fingerprint density at radius 3 is 2.83 bits per heavy atom. The molecule has 0 saturated carbocycles. The summed E-state index contributed by atoms with van der Waals surface area (Å²) < 4.78 is 14.0. The first-order chi connectivity index (χ1) is 8.54. The number of nitrogens with zero attached hydrogens (tertiary/aromatic N) is 2. The van der Waals surface area contributed by atoms with Crippen LogP contribution in [0.15, 0.2) is 34.9 Å². The van der Waals surface area contributed by atoms with Crippen molar-refractivity contribution in [2.45, 2.75) is 19.4 Å². The van der Waals surface area contributed by atoms with Crippen LogP contribution in [0, 0.1) is 12.7 Å². The molecular weight excluding hydrogens is 297 g/mol. The first kappa shape index (κ1) is 13.1. The molecule has 0 aliphatic carbocycles. The predicted octanol–water partition coefficient (Wildman–Crippen LogP) is 2.93. The maximum absolute atomic E-state index is 13.2. The summed E-state index contributed by atoms with van der Waals surface area (Å²) in [5, 5.41) is 0. The minimum atomic E-state index is -0.273. The van der Waals surface area contributed by atoms with Crippen molar-refractivity contribution < 1.29 is 4.39 Å². The first-order valence-electron chi connectivity index (χ1n) is 5.54. The van der Waals surface area contributed by atoms with Gasteiger partial charge >= 0.3 is 0 Å². The Bertz CT molecular complexity index is 539. The minimum absolute atomic E-state index is 0.264. The monoisotopic (exact) mass is 309 g/mol. The van der Waals surface area contributed by atoms with Gasteiger partial charge in [0.15, 0.2) is 0 Å². The average Bonchev–Trinajstić information content (AvgIpc) is 2.27. The normalized spacial score (nSPS) is 12.4. The topological polar surface area (TPSA) is 51.8 Å². The molecule has 1 aromatic carbocycles. The molecule has 1 unspecified atom stereocenters. The van der Waals surface area contributed by atoms with E-state index in [9.17, 15) is 4.39 Å². The quantitative estimate of drug-likeness (QED) is 0.948. The van der Waals surface area contributed by atoms with Crippen LogP contribution in [0.1, 0.15) is 23.1 Å². The Morgan fingerprint density at radius 2 is 2.17 bits per heavy atom. The van der Waals surface area contributed by atoms with Crippen molar-refractivity contribution in [2.24, 2.45) is 5.73 Å². The van der Waals surface area contributed by atoms with E-state index >= 15 is 0 Å². The van der Waals surface area contributed by atoms with Crippen LogP contribution in [-0.2, 0) is 6.42 Å². The van der Waals surface area contributed by atoms with Crippen molar-refractivity contribution in [3.05, 3.63) is 57.8 Å². The van der Waals surface area contributed by atoms with E-state index in [0.717, 1.165) is 11.3 Å². The predicted molar refractivity (Wildman–Crippen MR) is 71.5 cm³/mol. The van der Waals surface area contributed by atoms with Gasteiger partial charge in [-0.05, 0) is 43.2 Å². The van der Waals surface area contributed by atoms with E-state index in [4.69, 9.17) is 5.73 Å². The molecule has 1 heterocycles. The van der Waals surface area contributed by atoms with Crippen molar-refractivity contribution in [3.63, 3.8) is 0 Å². The van der Waals surface area contributed by atoms with Gasteiger partial charge in [-0.25, -0.2) is 14.4 Å². The lowest BCUT2D eigenvalue weighted by Gasteiger charge is -2.11. The van der Waals surface area contributed by atoms with Crippen LogP contribution in [0.25, 0.3) is 0 Å². The maximum atomic E-state index is 13.2. The van der Waals surface area contributed by atoms with Gasteiger partial charge in [0.25, 0.3) is 0 Å². The Kier molecular flexibility index (Phi) is 4.04. The molecular formula is C13H13BrFN3. The van der Waals surface area contributed by atoms with Gasteiger partial charge in [-0.2, -0.15) is 0 Å². The van der Waals surface area contributed by atoms with E-state index in [1.165, 1.54) is 12.1 Å². The fraction of sp³-hybridized carbons (Fsp3) is 0.231. The van der Waals surface area contributed by atoms with Crippen molar-refractivity contribution in [2.75, 3.05) is 0 Å². The number of hydrogen-bond donors (Lipinski definition) is 1. The maximum Gasteiger partial charge on any atom is 0.125 e. The third-order valence-corrected chi connectivity index (χ3v) is 3.01. The SMILES string of the molecule is Cc1nccc(C(N)Cc2cc(F)cc(Br)c2)n1. The van der Waals surface area contributed by atoms with Crippen molar-refractivity contribution >= 4 is 15.9 Å². The zero-order valence-corrected chi connectivity index (χ0v) is 11.5. The summed E-state index contributed by atoms with van der Waals surface area (Å²) in [4.78, 5) is 8.30. The van der Waals surface area contributed by atoms with E-state index in [2.05, 4.69) is 25.9 Å². The standard InChI is InChI=1S/C13H13BrFN3/c1-8-17-3-2-13(18-8)12(16)6-9-4-10(14)7-11(15)5-9/h2-5,7,12H,6,16H2,1H3. The van der Waals surface area contributed by atoms with Crippen LogP contribution in [-0.4, -0.2) is 9.97 Å². The number of hydrogen-bond acceptors (Lipinski definition) is 3. The number of benzene rings is 1. The third kappa shape index (κ3) is 3.34. The van der Waals surface area contributed by atoms with Gasteiger partial charge in [-0.3, -0.25) is 0 Å². The van der Waals surface area contributed by atoms with Gasteiger partial charge in [0.1, 0.15) is 11.6 Å². The van der Waals surface area contributed by atoms with Crippen LogP contribution in [0.2, 0.25) is 0 Å². The Morgan fingerprint density at radius 1 is 1.39 bits per heavy atom. The second-order valence-corrected chi connectivity index (χ2v) is 5.03. The fourth-order valence-corrected chi connectivity index (χ4v) is 2.28. The number of aryl methyl sites for hydroxylation is 1. The molecule has 1 aromatic heterocycles.